The lowest BCUT2D eigenvalue weighted by Gasteiger charge is -2.32. The van der Waals surface area contributed by atoms with Gasteiger partial charge in [0.1, 0.15) is 5.75 Å². The molecule has 0 spiro atoms. The van der Waals surface area contributed by atoms with Gasteiger partial charge in [0, 0.05) is 25.7 Å². The molecule has 7 nitrogen and oxygen atoms in total. The van der Waals surface area contributed by atoms with Gasteiger partial charge >= 0.3 is 6.09 Å². The van der Waals surface area contributed by atoms with Crippen molar-refractivity contribution in [1.29, 1.82) is 0 Å². The van der Waals surface area contributed by atoms with E-state index in [4.69, 9.17) is 14.5 Å². The van der Waals surface area contributed by atoms with E-state index in [0.29, 0.717) is 32.3 Å². The van der Waals surface area contributed by atoms with Crippen molar-refractivity contribution in [2.75, 3.05) is 33.4 Å². The molecule has 0 bridgehead atoms. The van der Waals surface area contributed by atoms with Crippen LogP contribution in [0.25, 0.3) is 0 Å². The second kappa shape index (κ2) is 12.7. The van der Waals surface area contributed by atoms with E-state index < -0.39 is 0 Å². The molecule has 0 aromatic heterocycles. The van der Waals surface area contributed by atoms with E-state index in [0.717, 1.165) is 42.2 Å². The first-order valence-electron chi connectivity index (χ1n) is 9.67. The molecule has 1 saturated heterocycles. The molecule has 28 heavy (non-hydrogen) atoms. The van der Waals surface area contributed by atoms with Crippen LogP contribution in [-0.2, 0) is 11.3 Å². The Morgan fingerprint density at radius 2 is 2.00 bits per heavy atom. The van der Waals surface area contributed by atoms with Gasteiger partial charge in [0.2, 0.25) is 0 Å². The number of halogens is 1. The average Bonchev–Trinajstić information content (AvgIpc) is 2.68. The zero-order valence-electron chi connectivity index (χ0n) is 17.3. The van der Waals surface area contributed by atoms with Crippen LogP contribution in [0.4, 0.5) is 4.79 Å². The van der Waals surface area contributed by atoms with Gasteiger partial charge in [0.05, 0.1) is 20.3 Å². The largest absolute Gasteiger partial charge is 0.496 e. The minimum Gasteiger partial charge on any atom is -0.496 e. The van der Waals surface area contributed by atoms with E-state index >= 15 is 0 Å². The van der Waals surface area contributed by atoms with Crippen molar-refractivity contribution in [3.8, 4) is 5.75 Å². The number of methoxy groups -OCH3 is 1. The van der Waals surface area contributed by atoms with Crippen molar-refractivity contribution in [1.82, 2.24) is 15.5 Å². The Bertz CT molecular complexity index is 646. The number of hydrogen-bond donors (Lipinski definition) is 2. The number of aryl methyl sites for hydroxylation is 1. The first-order chi connectivity index (χ1) is 13.1. The van der Waals surface area contributed by atoms with Gasteiger partial charge < -0.3 is 25.0 Å². The van der Waals surface area contributed by atoms with Crippen LogP contribution >= 0.6 is 24.0 Å². The maximum atomic E-state index is 11.8. The number of ether oxygens (including phenoxy) is 2. The third kappa shape index (κ3) is 7.37. The Hall–Kier alpha value is -1.71. The molecule has 0 atom stereocenters. The molecule has 0 saturated carbocycles. The lowest BCUT2D eigenvalue weighted by atomic mass is 10.1. The highest BCUT2D eigenvalue weighted by molar-refractivity contribution is 14.0. The van der Waals surface area contributed by atoms with Gasteiger partial charge in [-0.2, -0.15) is 0 Å². The number of guanidine groups is 1. The van der Waals surface area contributed by atoms with Crippen LogP contribution in [0.1, 0.15) is 37.8 Å². The minimum atomic E-state index is -0.218. The molecule has 8 heteroatoms. The molecule has 0 radical (unpaired) electrons. The summed E-state index contributed by atoms with van der Waals surface area (Å²) in [6.45, 7) is 9.09. The fourth-order valence-electron chi connectivity index (χ4n) is 3.07. The fraction of sp³-hybridized carbons (Fsp3) is 0.600. The third-order valence-electron chi connectivity index (χ3n) is 4.60. The van der Waals surface area contributed by atoms with Gasteiger partial charge in [0.15, 0.2) is 5.96 Å². The predicted molar refractivity (Wildman–Crippen MR) is 123 cm³/mol. The normalized spacial score (nSPS) is 14.9. The van der Waals surface area contributed by atoms with E-state index in [9.17, 15) is 4.79 Å². The molecule has 0 unspecified atom stereocenters. The molecule has 1 fully saturated rings. The predicted octanol–water partition coefficient (Wildman–Crippen LogP) is 3.30. The quantitative estimate of drug-likeness (QED) is 0.354. The molecule has 1 heterocycles. The number of piperidine rings is 1. The summed E-state index contributed by atoms with van der Waals surface area (Å²) in [5, 5.41) is 6.78. The first-order valence-corrected chi connectivity index (χ1v) is 9.67. The molecule has 2 rings (SSSR count). The monoisotopic (exact) mass is 504 g/mol. The zero-order valence-corrected chi connectivity index (χ0v) is 19.6. The molecule has 1 aromatic carbocycles. The van der Waals surface area contributed by atoms with Gasteiger partial charge in [-0.15, -0.1) is 24.0 Å². The summed E-state index contributed by atoms with van der Waals surface area (Å²) < 4.78 is 10.5. The lowest BCUT2D eigenvalue weighted by molar-refractivity contribution is 0.0963. The van der Waals surface area contributed by atoms with Crippen molar-refractivity contribution < 1.29 is 14.3 Å². The van der Waals surface area contributed by atoms with Gasteiger partial charge in [-0.3, -0.25) is 0 Å². The third-order valence-corrected chi connectivity index (χ3v) is 4.60. The van der Waals surface area contributed by atoms with E-state index in [1.54, 1.807) is 12.0 Å². The molecule has 158 valence electrons. The Morgan fingerprint density at radius 3 is 2.61 bits per heavy atom. The zero-order chi connectivity index (χ0) is 19.6. The van der Waals surface area contributed by atoms with Gasteiger partial charge in [-0.1, -0.05) is 12.1 Å². The molecule has 1 aliphatic heterocycles. The number of carbonyl (C=O) groups is 1. The number of likely N-dealkylation sites (tertiary alicyclic amines) is 1. The van der Waals surface area contributed by atoms with Crippen LogP contribution in [0, 0.1) is 6.92 Å². The second-order valence-corrected chi connectivity index (χ2v) is 6.60. The number of hydrogen-bond acceptors (Lipinski definition) is 4. The van der Waals surface area contributed by atoms with Crippen molar-refractivity contribution in [3.05, 3.63) is 29.3 Å². The molecule has 0 aliphatic carbocycles. The van der Waals surface area contributed by atoms with Gasteiger partial charge in [0.25, 0.3) is 0 Å². The Balaban J connectivity index is 0.00000392. The van der Waals surface area contributed by atoms with E-state index in [2.05, 4.69) is 29.7 Å². The number of amides is 1. The van der Waals surface area contributed by atoms with E-state index in [1.165, 1.54) is 0 Å². The number of benzene rings is 1. The van der Waals surface area contributed by atoms with E-state index in [1.807, 2.05) is 19.9 Å². The average molecular weight is 504 g/mol. The minimum absolute atomic E-state index is 0. The standard InChI is InChI=1S/C20H32N4O3.HI/c1-5-21-19(22-14-16-8-7-15(3)18(13-16)26-4)23-17-9-11-24(12-10-17)20(25)27-6-2;/h7-8,13,17H,5-6,9-12,14H2,1-4H3,(H2,21,22,23);1H. The highest BCUT2D eigenvalue weighted by Gasteiger charge is 2.24. The number of aliphatic imine (C=N–C) groups is 1. The summed E-state index contributed by atoms with van der Waals surface area (Å²) in [7, 11) is 1.68. The van der Waals surface area contributed by atoms with Crippen LogP contribution in [-0.4, -0.2) is 56.3 Å². The summed E-state index contributed by atoms with van der Waals surface area (Å²) in [5.74, 6) is 1.68. The first kappa shape index (κ1) is 24.3. The lowest BCUT2D eigenvalue weighted by Crippen LogP contribution is -2.49. The van der Waals surface area contributed by atoms with Gasteiger partial charge in [-0.05, 0) is 50.8 Å². The molecular formula is C20H33IN4O3. The van der Waals surface area contributed by atoms with Crippen LogP contribution in [0.15, 0.2) is 23.2 Å². The van der Waals surface area contributed by atoms with Crippen molar-refractivity contribution in [3.63, 3.8) is 0 Å². The topological polar surface area (TPSA) is 75.2 Å². The molecule has 1 aromatic rings. The summed E-state index contributed by atoms with van der Waals surface area (Å²) in [6, 6.07) is 6.44. The second-order valence-electron chi connectivity index (χ2n) is 6.60. The molecule has 1 amide bonds. The molecule has 2 N–H and O–H groups in total. The Labute approximate surface area is 185 Å². The SMILES string of the molecule is CCNC(=NCc1ccc(C)c(OC)c1)NC1CCN(C(=O)OCC)CC1.I. The fourth-order valence-corrected chi connectivity index (χ4v) is 3.07. The number of carbonyl (C=O) groups excluding carboxylic acids is 1. The van der Waals surface area contributed by atoms with E-state index in [-0.39, 0.29) is 30.1 Å². The van der Waals surface area contributed by atoms with Crippen molar-refractivity contribution >= 4 is 36.0 Å². The summed E-state index contributed by atoms with van der Waals surface area (Å²) >= 11 is 0. The smallest absolute Gasteiger partial charge is 0.409 e. The van der Waals surface area contributed by atoms with Crippen LogP contribution in [0.3, 0.4) is 0 Å². The summed E-state index contributed by atoms with van der Waals surface area (Å²) in [5.41, 5.74) is 2.22. The Morgan fingerprint density at radius 1 is 1.29 bits per heavy atom. The highest BCUT2D eigenvalue weighted by Crippen LogP contribution is 2.19. The molecular weight excluding hydrogens is 471 g/mol. The number of nitrogens with zero attached hydrogens (tertiary/aromatic N) is 2. The highest BCUT2D eigenvalue weighted by atomic mass is 127. The van der Waals surface area contributed by atoms with Crippen LogP contribution < -0.4 is 15.4 Å². The number of rotatable bonds is 6. The van der Waals surface area contributed by atoms with Crippen LogP contribution in [0.2, 0.25) is 0 Å². The number of nitrogens with one attached hydrogen (secondary N) is 2. The van der Waals surface area contributed by atoms with Crippen LogP contribution in [0.5, 0.6) is 5.75 Å². The maximum Gasteiger partial charge on any atom is 0.409 e. The molecule has 1 aliphatic rings. The van der Waals surface area contributed by atoms with Crippen molar-refractivity contribution in [2.24, 2.45) is 4.99 Å². The Kier molecular flexibility index (Phi) is 11.0. The van der Waals surface area contributed by atoms with Gasteiger partial charge in [-0.25, -0.2) is 9.79 Å². The summed E-state index contributed by atoms with van der Waals surface area (Å²) in [6.07, 6.45) is 1.54. The summed E-state index contributed by atoms with van der Waals surface area (Å²) in [4.78, 5) is 18.3. The maximum absolute atomic E-state index is 11.8. The van der Waals surface area contributed by atoms with Crippen molar-refractivity contribution in [2.45, 2.75) is 46.2 Å².